The van der Waals surface area contributed by atoms with Gasteiger partial charge in [0.05, 0.1) is 11.6 Å². The Bertz CT molecular complexity index is 983. The zero-order valence-electron chi connectivity index (χ0n) is 15.6. The smallest absolute Gasteiger partial charge is 0.231 e. The molecule has 0 bridgehead atoms. The molecule has 6 heteroatoms. The number of likely N-dealkylation sites (tertiary alicyclic amines) is 1. The van der Waals surface area contributed by atoms with Gasteiger partial charge < -0.3 is 10.2 Å². The van der Waals surface area contributed by atoms with Crippen molar-refractivity contribution in [3.8, 4) is 11.3 Å². The molecule has 1 aromatic heterocycles. The molecule has 2 aromatic carbocycles. The van der Waals surface area contributed by atoms with E-state index in [1.807, 2.05) is 66.9 Å². The molecule has 1 fully saturated rings. The molecule has 2 heterocycles. The number of anilines is 1. The van der Waals surface area contributed by atoms with Crippen molar-refractivity contribution in [1.29, 1.82) is 0 Å². The van der Waals surface area contributed by atoms with Crippen molar-refractivity contribution in [3.63, 3.8) is 0 Å². The number of hydrogen-bond donors (Lipinski definition) is 1. The van der Waals surface area contributed by atoms with Gasteiger partial charge in [0.2, 0.25) is 11.8 Å². The molecule has 1 aliphatic heterocycles. The standard InChI is InChI=1S/C22H21N3O2S/c1-15-7-9-16(10-8-15)12-25-13-18(11-20(25)26)21(27)24-22-23-19(14-28-22)17-5-3-2-4-6-17/h2-10,14,18H,11-13H2,1H3,(H,23,24,27)/t18-/m0/s1. The second-order valence-corrected chi connectivity index (χ2v) is 7.91. The molecule has 0 radical (unpaired) electrons. The first-order valence-corrected chi connectivity index (χ1v) is 10.1. The maximum absolute atomic E-state index is 12.6. The number of thiazole rings is 1. The molecule has 1 atom stereocenters. The second-order valence-electron chi connectivity index (χ2n) is 7.05. The number of rotatable bonds is 5. The summed E-state index contributed by atoms with van der Waals surface area (Å²) in [5.41, 5.74) is 4.11. The molecule has 0 aliphatic carbocycles. The van der Waals surface area contributed by atoms with Crippen LogP contribution in [0.1, 0.15) is 17.5 Å². The number of aryl methyl sites for hydroxylation is 1. The molecule has 4 rings (SSSR count). The lowest BCUT2D eigenvalue weighted by Crippen LogP contribution is -2.28. The highest BCUT2D eigenvalue weighted by molar-refractivity contribution is 7.14. The van der Waals surface area contributed by atoms with E-state index in [0.29, 0.717) is 18.2 Å². The van der Waals surface area contributed by atoms with Crippen molar-refractivity contribution in [1.82, 2.24) is 9.88 Å². The zero-order chi connectivity index (χ0) is 19.5. The number of aromatic nitrogens is 1. The van der Waals surface area contributed by atoms with Crippen LogP contribution in [0.25, 0.3) is 11.3 Å². The summed E-state index contributed by atoms with van der Waals surface area (Å²) in [4.78, 5) is 31.2. The van der Waals surface area contributed by atoms with Gasteiger partial charge in [0.25, 0.3) is 0 Å². The molecule has 1 N–H and O–H groups in total. The fourth-order valence-electron chi connectivity index (χ4n) is 3.29. The minimum Gasteiger partial charge on any atom is -0.338 e. The third-order valence-electron chi connectivity index (χ3n) is 4.88. The van der Waals surface area contributed by atoms with Crippen LogP contribution in [-0.4, -0.2) is 28.2 Å². The van der Waals surface area contributed by atoms with E-state index in [2.05, 4.69) is 10.3 Å². The van der Waals surface area contributed by atoms with Crippen LogP contribution in [0.3, 0.4) is 0 Å². The molecule has 5 nitrogen and oxygen atoms in total. The van der Waals surface area contributed by atoms with Crippen LogP contribution in [-0.2, 0) is 16.1 Å². The number of carbonyl (C=O) groups is 2. The third kappa shape index (κ3) is 4.12. The van der Waals surface area contributed by atoms with Crippen molar-refractivity contribution in [2.45, 2.75) is 19.9 Å². The van der Waals surface area contributed by atoms with Gasteiger partial charge in [-0.3, -0.25) is 9.59 Å². The lowest BCUT2D eigenvalue weighted by atomic mass is 10.1. The SMILES string of the molecule is Cc1ccc(CN2C[C@@H](C(=O)Nc3nc(-c4ccccc4)cs3)CC2=O)cc1. The fourth-order valence-corrected chi connectivity index (χ4v) is 4.02. The van der Waals surface area contributed by atoms with Gasteiger partial charge in [-0.25, -0.2) is 4.98 Å². The van der Waals surface area contributed by atoms with Crippen LogP contribution < -0.4 is 5.32 Å². The van der Waals surface area contributed by atoms with E-state index < -0.39 is 0 Å². The number of nitrogens with zero attached hydrogens (tertiary/aromatic N) is 2. The summed E-state index contributed by atoms with van der Waals surface area (Å²) in [6.07, 6.45) is 0.245. The first-order valence-electron chi connectivity index (χ1n) is 9.23. The number of nitrogens with one attached hydrogen (secondary N) is 1. The molecule has 3 aromatic rings. The van der Waals surface area contributed by atoms with Gasteiger partial charge >= 0.3 is 0 Å². The predicted molar refractivity (Wildman–Crippen MR) is 111 cm³/mol. The summed E-state index contributed by atoms with van der Waals surface area (Å²) in [5.74, 6) is -0.472. The van der Waals surface area contributed by atoms with Crippen LogP contribution in [0.5, 0.6) is 0 Å². The Balaban J connectivity index is 1.37. The Morgan fingerprint density at radius 2 is 1.93 bits per heavy atom. The van der Waals surface area contributed by atoms with Crippen molar-refractivity contribution in [2.75, 3.05) is 11.9 Å². The van der Waals surface area contributed by atoms with Crippen molar-refractivity contribution < 1.29 is 9.59 Å². The summed E-state index contributed by atoms with van der Waals surface area (Å²) in [5, 5.41) is 5.36. The van der Waals surface area contributed by atoms with Crippen molar-refractivity contribution in [2.24, 2.45) is 5.92 Å². The Hall–Kier alpha value is -2.99. The largest absolute Gasteiger partial charge is 0.338 e. The Morgan fingerprint density at radius 1 is 1.18 bits per heavy atom. The molecule has 0 unspecified atom stereocenters. The minimum absolute atomic E-state index is 0.0184. The number of benzene rings is 2. The van der Waals surface area contributed by atoms with Gasteiger partial charge in [0.1, 0.15) is 0 Å². The van der Waals surface area contributed by atoms with Gasteiger partial charge in [-0.2, -0.15) is 0 Å². The average molecular weight is 391 g/mol. The number of amides is 2. The van der Waals surface area contributed by atoms with E-state index in [9.17, 15) is 9.59 Å². The quantitative estimate of drug-likeness (QED) is 0.712. The van der Waals surface area contributed by atoms with Crippen LogP contribution in [0.2, 0.25) is 0 Å². The van der Waals surface area contributed by atoms with E-state index >= 15 is 0 Å². The number of hydrogen-bond acceptors (Lipinski definition) is 4. The first kappa shape index (κ1) is 18.4. The Kier molecular flexibility index (Phi) is 5.21. The van der Waals surface area contributed by atoms with E-state index in [0.717, 1.165) is 16.8 Å². The highest BCUT2D eigenvalue weighted by Gasteiger charge is 2.34. The maximum Gasteiger partial charge on any atom is 0.231 e. The minimum atomic E-state index is -0.345. The highest BCUT2D eigenvalue weighted by Crippen LogP contribution is 2.26. The molecule has 0 spiro atoms. The molecule has 0 saturated carbocycles. The van der Waals surface area contributed by atoms with Crippen molar-refractivity contribution in [3.05, 3.63) is 71.1 Å². The first-order chi connectivity index (χ1) is 13.6. The van der Waals surface area contributed by atoms with Gasteiger partial charge in [-0.05, 0) is 12.5 Å². The fraction of sp³-hybridized carbons (Fsp3) is 0.227. The van der Waals surface area contributed by atoms with E-state index in [4.69, 9.17) is 0 Å². The van der Waals surface area contributed by atoms with Crippen LogP contribution in [0, 0.1) is 12.8 Å². The average Bonchev–Trinajstić information content (AvgIpc) is 3.31. The molecule has 2 amide bonds. The predicted octanol–water partition coefficient (Wildman–Crippen LogP) is 4.11. The molecule has 28 heavy (non-hydrogen) atoms. The molecular formula is C22H21N3O2S. The van der Waals surface area contributed by atoms with E-state index in [1.165, 1.54) is 16.9 Å². The lowest BCUT2D eigenvalue weighted by Gasteiger charge is -2.16. The van der Waals surface area contributed by atoms with Gasteiger partial charge in [-0.1, -0.05) is 60.2 Å². The number of carbonyl (C=O) groups excluding carboxylic acids is 2. The van der Waals surface area contributed by atoms with Crippen LogP contribution >= 0.6 is 11.3 Å². The van der Waals surface area contributed by atoms with Crippen LogP contribution in [0.4, 0.5) is 5.13 Å². The Labute approximate surface area is 168 Å². The monoisotopic (exact) mass is 391 g/mol. The maximum atomic E-state index is 12.6. The topological polar surface area (TPSA) is 62.3 Å². The second kappa shape index (κ2) is 7.94. The molecule has 142 valence electrons. The molecule has 1 saturated heterocycles. The van der Waals surface area contributed by atoms with Crippen molar-refractivity contribution >= 4 is 28.3 Å². The van der Waals surface area contributed by atoms with Gasteiger partial charge in [-0.15, -0.1) is 11.3 Å². The summed E-state index contributed by atoms with van der Waals surface area (Å²) in [7, 11) is 0. The molecular weight excluding hydrogens is 370 g/mol. The molecule has 1 aliphatic rings. The van der Waals surface area contributed by atoms with Gasteiger partial charge in [0, 0.05) is 30.5 Å². The van der Waals surface area contributed by atoms with E-state index in [-0.39, 0.29) is 24.2 Å². The normalized spacial score (nSPS) is 16.4. The van der Waals surface area contributed by atoms with Crippen LogP contribution in [0.15, 0.2) is 60.0 Å². The summed E-state index contributed by atoms with van der Waals surface area (Å²) >= 11 is 1.40. The Morgan fingerprint density at radius 3 is 2.68 bits per heavy atom. The summed E-state index contributed by atoms with van der Waals surface area (Å²) in [6.45, 7) is 3.01. The summed E-state index contributed by atoms with van der Waals surface area (Å²) < 4.78 is 0. The highest BCUT2D eigenvalue weighted by atomic mass is 32.1. The van der Waals surface area contributed by atoms with Gasteiger partial charge in [0.15, 0.2) is 5.13 Å². The lowest BCUT2D eigenvalue weighted by molar-refractivity contribution is -0.128. The van der Waals surface area contributed by atoms with E-state index in [1.54, 1.807) is 4.90 Å². The zero-order valence-corrected chi connectivity index (χ0v) is 16.4. The third-order valence-corrected chi connectivity index (χ3v) is 5.64. The summed E-state index contributed by atoms with van der Waals surface area (Å²) in [6, 6.07) is 18.0.